The van der Waals surface area contributed by atoms with Gasteiger partial charge in [0.25, 0.3) is 5.89 Å². The number of oxazole rings is 1. The van der Waals surface area contributed by atoms with Crippen LogP contribution < -0.4 is 0 Å². The van der Waals surface area contributed by atoms with Crippen molar-refractivity contribution in [2.75, 3.05) is 0 Å². The Morgan fingerprint density at radius 3 is 2.67 bits per heavy atom. The lowest BCUT2D eigenvalue weighted by Crippen LogP contribution is -1.95. The molecule has 1 aromatic carbocycles. The number of rotatable bonds is 3. The monoisotopic (exact) mass is 346 g/mol. The Balaban J connectivity index is 1.94. The van der Waals surface area contributed by atoms with Crippen LogP contribution in [0.5, 0.6) is 5.95 Å². The summed E-state index contributed by atoms with van der Waals surface area (Å²) in [6.07, 6.45) is 1.51. The van der Waals surface area contributed by atoms with Crippen LogP contribution in [0.1, 0.15) is 12.6 Å². The second-order valence-electron chi connectivity index (χ2n) is 4.32. The van der Waals surface area contributed by atoms with Gasteiger partial charge in [-0.05, 0) is 43.3 Å². The van der Waals surface area contributed by atoms with Crippen molar-refractivity contribution in [2.45, 2.75) is 6.92 Å². The lowest BCUT2D eigenvalue weighted by molar-refractivity contribution is 0.333. The fraction of sp³-hybridized carbons (Fsp3) is 0.0667. The summed E-state index contributed by atoms with van der Waals surface area (Å²) in [4.78, 5) is 8.62. The van der Waals surface area contributed by atoms with Gasteiger partial charge in [-0.2, -0.15) is 0 Å². The Kier molecular flexibility index (Phi) is 3.62. The molecule has 0 bridgehead atoms. The molecule has 0 saturated heterocycles. The first kappa shape index (κ1) is 13.6. The largest absolute Gasteiger partial charge is 0.479 e. The van der Waals surface area contributed by atoms with Gasteiger partial charge in [-0.15, -0.1) is 0 Å². The molecule has 2 heterocycles. The van der Waals surface area contributed by atoms with Crippen molar-refractivity contribution < 1.29 is 13.9 Å². The maximum Gasteiger partial charge on any atom is 0.312 e. The van der Waals surface area contributed by atoms with Crippen molar-refractivity contribution in [1.29, 1.82) is 0 Å². The lowest BCUT2D eigenvalue weighted by Gasteiger charge is -1.97. The maximum atomic E-state index is 9.86. The highest BCUT2D eigenvalue weighted by atomic mass is 79.9. The standard InChI is InChI=1S/C15H11BrN2O3/c1-9(17-11-6-4-10(16)5-7-11)13-15(19)21-14(18-13)12-3-2-8-20-12/h2-8,19H,1H3. The van der Waals surface area contributed by atoms with Gasteiger partial charge >= 0.3 is 5.95 Å². The molecule has 0 atom stereocenters. The molecule has 3 rings (SSSR count). The third-order valence-corrected chi connectivity index (χ3v) is 3.34. The molecule has 0 unspecified atom stereocenters. The zero-order chi connectivity index (χ0) is 14.8. The van der Waals surface area contributed by atoms with Crippen LogP contribution in [0.25, 0.3) is 11.7 Å². The number of hydrogen-bond donors (Lipinski definition) is 1. The summed E-state index contributed by atoms with van der Waals surface area (Å²) in [6.45, 7) is 1.76. The van der Waals surface area contributed by atoms with E-state index in [1.165, 1.54) is 6.26 Å². The molecule has 1 N–H and O–H groups in total. The van der Waals surface area contributed by atoms with Crippen LogP contribution in [0.15, 0.2) is 61.0 Å². The van der Waals surface area contributed by atoms with E-state index in [-0.39, 0.29) is 11.8 Å². The number of aliphatic imine (C=N–C) groups is 1. The van der Waals surface area contributed by atoms with Gasteiger partial charge in [0.2, 0.25) is 0 Å². The molecule has 3 aromatic rings. The summed E-state index contributed by atoms with van der Waals surface area (Å²) >= 11 is 3.37. The minimum atomic E-state index is -0.278. The van der Waals surface area contributed by atoms with Gasteiger partial charge in [0, 0.05) is 4.47 Å². The van der Waals surface area contributed by atoms with E-state index >= 15 is 0 Å². The van der Waals surface area contributed by atoms with Crippen molar-refractivity contribution in [3.8, 4) is 17.6 Å². The lowest BCUT2D eigenvalue weighted by atomic mass is 10.3. The normalized spacial score (nSPS) is 11.8. The first-order chi connectivity index (χ1) is 10.1. The average molecular weight is 347 g/mol. The summed E-state index contributed by atoms with van der Waals surface area (Å²) in [5.41, 5.74) is 1.61. The first-order valence-corrected chi connectivity index (χ1v) is 6.97. The van der Waals surface area contributed by atoms with Crippen molar-refractivity contribution in [1.82, 2.24) is 4.98 Å². The molecule has 0 aliphatic carbocycles. The second-order valence-corrected chi connectivity index (χ2v) is 5.24. The van der Waals surface area contributed by atoms with E-state index in [9.17, 15) is 5.11 Å². The molecule has 106 valence electrons. The van der Waals surface area contributed by atoms with Gasteiger partial charge < -0.3 is 13.9 Å². The second kappa shape index (κ2) is 5.57. The van der Waals surface area contributed by atoms with Crippen LogP contribution in [0, 0.1) is 0 Å². The van der Waals surface area contributed by atoms with Gasteiger partial charge in [-0.25, -0.2) is 4.98 Å². The summed E-state index contributed by atoms with van der Waals surface area (Å²) in [5, 5.41) is 9.86. The molecule has 0 aliphatic rings. The average Bonchev–Trinajstić information content (AvgIpc) is 3.10. The van der Waals surface area contributed by atoms with Crippen LogP contribution in [0.3, 0.4) is 0 Å². The number of aromatic nitrogens is 1. The molecule has 0 radical (unpaired) electrons. The number of benzene rings is 1. The highest BCUT2D eigenvalue weighted by Crippen LogP contribution is 2.28. The number of aromatic hydroxyl groups is 1. The fourth-order valence-corrected chi connectivity index (χ4v) is 2.08. The molecule has 0 amide bonds. The molecule has 5 nitrogen and oxygen atoms in total. The summed E-state index contributed by atoms with van der Waals surface area (Å²) < 4.78 is 11.4. The third kappa shape index (κ3) is 2.90. The Hall–Kier alpha value is -2.34. The van der Waals surface area contributed by atoms with Gasteiger partial charge in [-0.3, -0.25) is 4.99 Å². The van der Waals surface area contributed by atoms with Crippen LogP contribution in [-0.4, -0.2) is 15.8 Å². The van der Waals surface area contributed by atoms with Gasteiger partial charge in [0.1, 0.15) is 0 Å². The van der Waals surface area contributed by atoms with Crippen LogP contribution in [0.4, 0.5) is 5.69 Å². The molecule has 0 spiro atoms. The smallest absolute Gasteiger partial charge is 0.312 e. The number of hydrogen-bond acceptors (Lipinski definition) is 5. The van der Waals surface area contributed by atoms with Crippen LogP contribution in [0.2, 0.25) is 0 Å². The van der Waals surface area contributed by atoms with E-state index in [0.29, 0.717) is 17.2 Å². The van der Waals surface area contributed by atoms with E-state index in [4.69, 9.17) is 8.83 Å². The van der Waals surface area contributed by atoms with Crippen molar-refractivity contribution in [3.63, 3.8) is 0 Å². The van der Waals surface area contributed by atoms with Gasteiger partial charge in [0.05, 0.1) is 17.7 Å². The predicted octanol–water partition coefficient (Wildman–Crippen LogP) is 4.54. The molecule has 6 heteroatoms. The molecule has 0 saturated carbocycles. The summed E-state index contributed by atoms with van der Waals surface area (Å²) in [6, 6.07) is 10.9. The van der Waals surface area contributed by atoms with Crippen LogP contribution >= 0.6 is 15.9 Å². The molecule has 0 fully saturated rings. The van der Waals surface area contributed by atoms with Gasteiger partial charge in [0.15, 0.2) is 11.5 Å². The molecule has 21 heavy (non-hydrogen) atoms. The molecular weight excluding hydrogens is 336 g/mol. The van der Waals surface area contributed by atoms with E-state index < -0.39 is 0 Å². The Labute approximate surface area is 129 Å². The topological polar surface area (TPSA) is 71.8 Å². The Morgan fingerprint density at radius 2 is 2.00 bits per heavy atom. The first-order valence-electron chi connectivity index (χ1n) is 6.18. The molecule has 0 aliphatic heterocycles. The number of nitrogens with zero attached hydrogens (tertiary/aromatic N) is 2. The quantitative estimate of drug-likeness (QED) is 0.706. The summed E-state index contributed by atoms with van der Waals surface area (Å²) in [7, 11) is 0. The summed E-state index contributed by atoms with van der Waals surface area (Å²) in [5.74, 6) is 0.394. The SMILES string of the molecule is CC(=Nc1ccc(Br)cc1)c1nc(-c2ccco2)oc1O. The molecule has 2 aromatic heterocycles. The number of halogens is 1. The van der Waals surface area contributed by atoms with Crippen molar-refractivity contribution >= 4 is 27.3 Å². The molecular formula is C15H11BrN2O3. The number of furan rings is 1. The van der Waals surface area contributed by atoms with E-state index in [1.807, 2.05) is 24.3 Å². The minimum absolute atomic E-state index is 0.220. The zero-order valence-corrected chi connectivity index (χ0v) is 12.7. The van der Waals surface area contributed by atoms with Crippen LogP contribution in [-0.2, 0) is 0 Å². The van der Waals surface area contributed by atoms with E-state index in [1.54, 1.807) is 19.1 Å². The zero-order valence-electron chi connectivity index (χ0n) is 11.1. The minimum Gasteiger partial charge on any atom is -0.479 e. The Morgan fingerprint density at radius 1 is 1.24 bits per heavy atom. The predicted molar refractivity (Wildman–Crippen MR) is 81.9 cm³/mol. The maximum absolute atomic E-state index is 9.86. The van der Waals surface area contributed by atoms with Gasteiger partial charge in [-0.1, -0.05) is 15.9 Å². The van der Waals surface area contributed by atoms with E-state index in [2.05, 4.69) is 25.9 Å². The van der Waals surface area contributed by atoms with Crippen molar-refractivity contribution in [3.05, 3.63) is 52.8 Å². The third-order valence-electron chi connectivity index (χ3n) is 2.81. The highest BCUT2D eigenvalue weighted by molar-refractivity contribution is 9.10. The van der Waals surface area contributed by atoms with E-state index in [0.717, 1.165) is 10.2 Å². The van der Waals surface area contributed by atoms with Crippen molar-refractivity contribution in [2.24, 2.45) is 4.99 Å². The fourth-order valence-electron chi connectivity index (χ4n) is 1.82. The Bertz CT molecular complexity index is 774. The highest BCUT2D eigenvalue weighted by Gasteiger charge is 2.17.